The number of sulfonamides is 1. The number of hydrazone groups is 1. The van der Waals surface area contributed by atoms with Crippen molar-refractivity contribution in [2.75, 3.05) is 18.0 Å². The summed E-state index contributed by atoms with van der Waals surface area (Å²) >= 11 is 0. The van der Waals surface area contributed by atoms with Gasteiger partial charge in [-0.15, -0.1) is 0 Å². The van der Waals surface area contributed by atoms with Crippen molar-refractivity contribution >= 4 is 27.3 Å². The Morgan fingerprint density at radius 3 is 2.23 bits per heavy atom. The number of carbonyl (C=O) groups excluding carboxylic acids is 1. The third-order valence-electron chi connectivity index (χ3n) is 6.63. The van der Waals surface area contributed by atoms with Crippen molar-refractivity contribution < 1.29 is 17.9 Å². The van der Waals surface area contributed by atoms with Crippen LogP contribution in [0.3, 0.4) is 0 Å². The second-order valence-electron chi connectivity index (χ2n) is 10.4. The fourth-order valence-electron chi connectivity index (χ4n) is 4.37. The Labute approximate surface area is 209 Å². The predicted octanol–water partition coefficient (Wildman–Crippen LogP) is 5.22. The lowest BCUT2D eigenvalue weighted by Gasteiger charge is -2.34. The van der Waals surface area contributed by atoms with E-state index in [-0.39, 0.29) is 10.3 Å². The highest BCUT2D eigenvalue weighted by Gasteiger charge is 2.30. The van der Waals surface area contributed by atoms with Crippen molar-refractivity contribution in [3.05, 3.63) is 53.6 Å². The van der Waals surface area contributed by atoms with Crippen LogP contribution in [0.1, 0.15) is 57.6 Å². The molecule has 0 heterocycles. The van der Waals surface area contributed by atoms with Crippen molar-refractivity contribution in [3.8, 4) is 5.75 Å². The van der Waals surface area contributed by atoms with E-state index in [1.54, 1.807) is 36.4 Å². The first kappa shape index (κ1) is 26.7. The van der Waals surface area contributed by atoms with Crippen molar-refractivity contribution in [3.63, 3.8) is 0 Å². The minimum atomic E-state index is -4.04. The summed E-state index contributed by atoms with van der Waals surface area (Å²) in [6.45, 7) is 10.1. The largest absolute Gasteiger partial charge is 0.495 e. The Bertz CT molecular complexity index is 1170. The molecule has 2 aromatic rings. The number of amides is 1. The Balaban J connectivity index is 1.85. The quantitative estimate of drug-likeness (QED) is 0.529. The van der Waals surface area contributed by atoms with Gasteiger partial charge in [-0.3, -0.25) is 9.10 Å². The van der Waals surface area contributed by atoms with Gasteiger partial charge in [0.15, 0.2) is 0 Å². The number of nitrogens with one attached hydrogen (secondary N) is 1. The van der Waals surface area contributed by atoms with E-state index in [4.69, 9.17) is 4.74 Å². The van der Waals surface area contributed by atoms with Crippen LogP contribution < -0.4 is 14.5 Å². The summed E-state index contributed by atoms with van der Waals surface area (Å²) in [6.07, 6.45) is 3.73. The number of carbonyl (C=O) groups is 1. The highest BCUT2D eigenvalue weighted by atomic mass is 32.2. The smallest absolute Gasteiger partial charge is 0.264 e. The molecule has 3 rings (SSSR count). The van der Waals surface area contributed by atoms with Crippen LogP contribution in [0.15, 0.2) is 52.5 Å². The minimum absolute atomic E-state index is 0.103. The standard InChI is InChI=1S/C27H37N3O4S/c1-19-7-14-23(15-8-19)35(32,33)30(24-17-20(2)9-16-25(24)34-6)18-26(31)29-28-22-12-10-21(11-13-22)27(3,4)5/h7-9,14-17,21H,10-13,18H2,1-6H3,(H,29,31). The van der Waals surface area contributed by atoms with Gasteiger partial charge in [0.1, 0.15) is 12.3 Å². The molecule has 0 atom stereocenters. The SMILES string of the molecule is COc1ccc(C)cc1N(CC(=O)NN=C1CCC(C(C)(C)C)CC1)S(=O)(=O)c1ccc(C)cc1. The van der Waals surface area contributed by atoms with E-state index in [0.29, 0.717) is 17.4 Å². The van der Waals surface area contributed by atoms with Crippen LogP contribution in [0.2, 0.25) is 0 Å². The van der Waals surface area contributed by atoms with Crippen molar-refractivity contribution in [2.45, 2.75) is 65.2 Å². The number of ether oxygens (including phenoxy) is 1. The summed E-state index contributed by atoms with van der Waals surface area (Å²) in [7, 11) is -2.56. The Hall–Kier alpha value is -2.87. The molecule has 0 bridgehead atoms. The van der Waals surface area contributed by atoms with Gasteiger partial charge in [-0.25, -0.2) is 13.8 Å². The highest BCUT2D eigenvalue weighted by molar-refractivity contribution is 7.92. The molecule has 1 N–H and O–H groups in total. The third kappa shape index (κ3) is 6.63. The molecular formula is C27H37N3O4S. The Morgan fingerprint density at radius 1 is 1.06 bits per heavy atom. The third-order valence-corrected chi connectivity index (χ3v) is 8.40. The number of hydrogen-bond acceptors (Lipinski definition) is 5. The molecule has 0 aliphatic heterocycles. The maximum atomic E-state index is 13.6. The molecule has 0 aromatic heterocycles. The molecule has 8 heteroatoms. The molecule has 2 aromatic carbocycles. The minimum Gasteiger partial charge on any atom is -0.495 e. The summed E-state index contributed by atoms with van der Waals surface area (Å²) in [5.41, 5.74) is 5.89. The summed E-state index contributed by atoms with van der Waals surface area (Å²) in [4.78, 5) is 13.0. The first-order valence-corrected chi connectivity index (χ1v) is 13.4. The average Bonchev–Trinajstić information content (AvgIpc) is 2.81. The molecule has 1 fully saturated rings. The van der Waals surface area contributed by atoms with Gasteiger partial charge < -0.3 is 4.74 Å². The summed E-state index contributed by atoms with van der Waals surface area (Å²) in [6, 6.07) is 11.8. The van der Waals surface area contributed by atoms with Crippen LogP contribution in [0.5, 0.6) is 5.75 Å². The van der Waals surface area contributed by atoms with Crippen LogP contribution in [0.4, 0.5) is 5.69 Å². The van der Waals surface area contributed by atoms with Gasteiger partial charge in [0.05, 0.1) is 17.7 Å². The van der Waals surface area contributed by atoms with E-state index in [1.165, 1.54) is 7.11 Å². The van der Waals surface area contributed by atoms with E-state index >= 15 is 0 Å². The molecule has 35 heavy (non-hydrogen) atoms. The molecule has 1 aliphatic rings. The zero-order chi connectivity index (χ0) is 25.8. The van der Waals surface area contributed by atoms with Crippen LogP contribution in [0, 0.1) is 25.2 Å². The predicted molar refractivity (Wildman–Crippen MR) is 140 cm³/mol. The molecule has 1 saturated carbocycles. The number of benzene rings is 2. The first-order chi connectivity index (χ1) is 16.4. The molecule has 0 spiro atoms. The van der Waals surface area contributed by atoms with Crippen molar-refractivity contribution in [1.29, 1.82) is 0 Å². The topological polar surface area (TPSA) is 88.1 Å². The van der Waals surface area contributed by atoms with E-state index < -0.39 is 22.5 Å². The number of rotatable bonds is 7. The molecule has 190 valence electrons. The number of nitrogens with zero attached hydrogens (tertiary/aromatic N) is 2. The van der Waals surface area contributed by atoms with E-state index in [1.807, 2.05) is 19.9 Å². The lowest BCUT2D eigenvalue weighted by molar-refractivity contribution is -0.119. The molecule has 0 radical (unpaired) electrons. The summed E-state index contributed by atoms with van der Waals surface area (Å²) in [5.74, 6) is 0.488. The van der Waals surface area contributed by atoms with E-state index in [9.17, 15) is 13.2 Å². The number of hydrogen-bond donors (Lipinski definition) is 1. The Morgan fingerprint density at radius 2 is 1.66 bits per heavy atom. The van der Waals surface area contributed by atoms with Crippen molar-refractivity contribution in [2.24, 2.45) is 16.4 Å². The van der Waals surface area contributed by atoms with Crippen molar-refractivity contribution in [1.82, 2.24) is 5.43 Å². The van der Waals surface area contributed by atoms with Gasteiger partial charge in [0.2, 0.25) is 0 Å². The normalized spacial score (nSPS) is 16.5. The molecule has 7 nitrogen and oxygen atoms in total. The molecular weight excluding hydrogens is 462 g/mol. The van der Waals surface area contributed by atoms with Gasteiger partial charge >= 0.3 is 0 Å². The maximum Gasteiger partial charge on any atom is 0.264 e. The molecule has 0 saturated heterocycles. The molecule has 0 unspecified atom stereocenters. The fraction of sp³-hybridized carbons (Fsp3) is 0.481. The highest BCUT2D eigenvalue weighted by Crippen LogP contribution is 2.37. The zero-order valence-corrected chi connectivity index (χ0v) is 22.4. The van der Waals surface area contributed by atoms with E-state index in [2.05, 4.69) is 31.3 Å². The van der Waals surface area contributed by atoms with Gasteiger partial charge in [0, 0.05) is 5.71 Å². The van der Waals surface area contributed by atoms with Crippen LogP contribution in [-0.2, 0) is 14.8 Å². The van der Waals surface area contributed by atoms with E-state index in [0.717, 1.165) is 46.8 Å². The summed E-state index contributed by atoms with van der Waals surface area (Å²) < 4.78 is 33.8. The van der Waals surface area contributed by atoms with Gasteiger partial charge in [-0.1, -0.05) is 44.5 Å². The second kappa shape index (κ2) is 10.8. The van der Waals surface area contributed by atoms with Crippen LogP contribution in [0.25, 0.3) is 0 Å². The lowest BCUT2D eigenvalue weighted by Crippen LogP contribution is -2.40. The zero-order valence-electron chi connectivity index (χ0n) is 21.6. The monoisotopic (exact) mass is 499 g/mol. The van der Waals surface area contributed by atoms with Gasteiger partial charge in [-0.2, -0.15) is 5.10 Å². The second-order valence-corrected chi connectivity index (χ2v) is 12.2. The number of methoxy groups -OCH3 is 1. The van der Waals surface area contributed by atoms with Gasteiger partial charge in [-0.05, 0) is 80.7 Å². The molecule has 1 amide bonds. The van der Waals surface area contributed by atoms with Crippen LogP contribution in [-0.4, -0.2) is 33.7 Å². The molecule has 1 aliphatic carbocycles. The first-order valence-electron chi connectivity index (χ1n) is 12.0. The number of aryl methyl sites for hydroxylation is 2. The average molecular weight is 500 g/mol. The number of anilines is 1. The van der Waals surface area contributed by atoms with Crippen LogP contribution >= 0.6 is 0 Å². The summed E-state index contributed by atoms with van der Waals surface area (Å²) in [5, 5.41) is 4.34. The Kier molecular flexibility index (Phi) is 8.26. The lowest BCUT2D eigenvalue weighted by atomic mass is 9.72. The maximum absolute atomic E-state index is 13.6. The fourth-order valence-corrected chi connectivity index (χ4v) is 5.79. The van der Waals surface area contributed by atoms with Gasteiger partial charge in [0.25, 0.3) is 15.9 Å².